The van der Waals surface area contributed by atoms with E-state index in [4.69, 9.17) is 26.2 Å². The number of amides is 1. The molecule has 0 unspecified atom stereocenters. The van der Waals surface area contributed by atoms with E-state index in [0.717, 1.165) is 0 Å². The fourth-order valence-corrected chi connectivity index (χ4v) is 0.852. The quantitative estimate of drug-likeness (QED) is 0.290. The highest BCUT2D eigenvalue weighted by atomic mass is 16.4. The largest absolute Gasteiger partial charge is 0.391 e. The first-order valence-corrected chi connectivity index (χ1v) is 5.72. The molecule has 1 amide bonds. The number of rotatable bonds is 6. The second-order valence-corrected chi connectivity index (χ2v) is 4.39. The highest BCUT2D eigenvalue weighted by Gasteiger charge is 2.27. The molecule has 0 bridgehead atoms. The van der Waals surface area contributed by atoms with E-state index in [0.29, 0.717) is 5.57 Å². The van der Waals surface area contributed by atoms with E-state index in [9.17, 15) is 9.59 Å². The van der Waals surface area contributed by atoms with E-state index in [-0.39, 0.29) is 12.2 Å². The molecule has 0 saturated carbocycles. The number of hydrogen-bond acceptors (Lipinski definition) is 6. The number of carbonyl (C=O) groups is 2. The van der Waals surface area contributed by atoms with Crippen molar-refractivity contribution in [2.45, 2.75) is 45.2 Å². The Hall–Kier alpha value is -1.28. The summed E-state index contributed by atoms with van der Waals surface area (Å²) in [4.78, 5) is 20.1. The molecular weight excluding hydrogens is 254 g/mol. The van der Waals surface area contributed by atoms with Crippen molar-refractivity contribution in [3.63, 3.8) is 0 Å². The van der Waals surface area contributed by atoms with E-state index in [1.807, 2.05) is 13.8 Å². The van der Waals surface area contributed by atoms with Crippen LogP contribution in [0.2, 0.25) is 0 Å². The summed E-state index contributed by atoms with van der Waals surface area (Å²) in [6, 6.07) is 0. The van der Waals surface area contributed by atoms with Gasteiger partial charge in [-0.3, -0.25) is 4.79 Å². The Morgan fingerprint density at radius 2 is 1.53 bits per heavy atom. The van der Waals surface area contributed by atoms with Crippen LogP contribution in [0.5, 0.6) is 0 Å². The second kappa shape index (κ2) is 9.62. The molecule has 0 aromatic heterocycles. The number of aliphatic hydroxyl groups excluding tert-OH is 4. The lowest BCUT2D eigenvalue weighted by atomic mass is 10.1. The van der Waals surface area contributed by atoms with E-state index in [1.54, 1.807) is 0 Å². The molecule has 7 heteroatoms. The molecule has 6 N–H and O–H groups in total. The van der Waals surface area contributed by atoms with Crippen molar-refractivity contribution in [2.24, 2.45) is 11.7 Å². The average molecular weight is 277 g/mol. The van der Waals surface area contributed by atoms with Crippen molar-refractivity contribution in [3.8, 4) is 0 Å². The summed E-state index contributed by atoms with van der Waals surface area (Å²) in [6.45, 7) is 8.48. The summed E-state index contributed by atoms with van der Waals surface area (Å²) in [7, 11) is 0. The van der Waals surface area contributed by atoms with Crippen molar-refractivity contribution in [1.82, 2.24) is 0 Å². The van der Waals surface area contributed by atoms with Crippen molar-refractivity contribution in [3.05, 3.63) is 12.2 Å². The Bertz CT molecular complexity index is 303. The molecule has 0 aliphatic rings. The van der Waals surface area contributed by atoms with Gasteiger partial charge in [0.05, 0.1) is 6.10 Å². The minimum Gasteiger partial charge on any atom is -0.391 e. The molecule has 0 aliphatic carbocycles. The third-order valence-corrected chi connectivity index (χ3v) is 2.35. The number of nitrogens with two attached hydrogens (primary N) is 1. The van der Waals surface area contributed by atoms with Gasteiger partial charge in [-0.2, -0.15) is 0 Å². The first kappa shape index (κ1) is 20.0. The Labute approximate surface area is 112 Å². The lowest BCUT2D eigenvalue weighted by molar-refractivity contribution is -0.132. The van der Waals surface area contributed by atoms with Crippen LogP contribution in [-0.2, 0) is 9.59 Å². The van der Waals surface area contributed by atoms with Gasteiger partial charge in [-0.1, -0.05) is 20.4 Å². The lowest BCUT2D eigenvalue weighted by Crippen LogP contribution is -2.43. The predicted molar refractivity (Wildman–Crippen MR) is 68.9 cm³/mol. The maximum Gasteiger partial charge on any atom is 0.244 e. The number of aldehydes is 1. The van der Waals surface area contributed by atoms with Crippen LogP contribution in [0.3, 0.4) is 0 Å². The van der Waals surface area contributed by atoms with Crippen LogP contribution in [0, 0.1) is 5.92 Å². The molecule has 0 saturated heterocycles. The summed E-state index contributed by atoms with van der Waals surface area (Å²) in [5, 5.41) is 35.1. The number of hydrogen-bond donors (Lipinski definition) is 5. The molecule has 0 heterocycles. The normalized spacial score (nSPS) is 16.6. The maximum atomic E-state index is 10.3. The van der Waals surface area contributed by atoms with Gasteiger partial charge in [0.2, 0.25) is 5.91 Å². The summed E-state index contributed by atoms with van der Waals surface area (Å²) >= 11 is 0. The van der Waals surface area contributed by atoms with Crippen LogP contribution in [0.4, 0.5) is 0 Å². The summed E-state index contributed by atoms with van der Waals surface area (Å²) < 4.78 is 0. The van der Waals surface area contributed by atoms with Gasteiger partial charge >= 0.3 is 0 Å². The van der Waals surface area contributed by atoms with Crippen LogP contribution in [0.15, 0.2) is 12.2 Å². The average Bonchev–Trinajstić information content (AvgIpc) is 2.35. The molecule has 0 aromatic rings. The van der Waals surface area contributed by atoms with E-state index < -0.39 is 30.3 Å². The van der Waals surface area contributed by atoms with Gasteiger partial charge in [0, 0.05) is 5.57 Å². The van der Waals surface area contributed by atoms with Crippen LogP contribution < -0.4 is 5.73 Å². The molecule has 112 valence electrons. The van der Waals surface area contributed by atoms with Gasteiger partial charge in [-0.05, 0) is 12.8 Å². The van der Waals surface area contributed by atoms with E-state index in [1.165, 1.54) is 6.92 Å². The lowest BCUT2D eigenvalue weighted by Gasteiger charge is -2.21. The van der Waals surface area contributed by atoms with Crippen molar-refractivity contribution in [1.29, 1.82) is 0 Å². The summed E-state index contributed by atoms with van der Waals surface area (Å²) in [5.41, 5.74) is 5.39. The zero-order valence-electron chi connectivity index (χ0n) is 11.4. The third-order valence-electron chi connectivity index (χ3n) is 2.35. The first-order chi connectivity index (χ1) is 8.56. The zero-order chi connectivity index (χ0) is 15.7. The van der Waals surface area contributed by atoms with Crippen LogP contribution >= 0.6 is 0 Å². The summed E-state index contributed by atoms with van der Waals surface area (Å²) in [6.07, 6.45) is -5.88. The van der Waals surface area contributed by atoms with Gasteiger partial charge < -0.3 is 31.0 Å². The Morgan fingerprint density at radius 1 is 1.11 bits per heavy atom. The van der Waals surface area contributed by atoms with Gasteiger partial charge in [-0.25, -0.2) is 0 Å². The van der Waals surface area contributed by atoms with E-state index >= 15 is 0 Å². The molecule has 7 nitrogen and oxygen atoms in total. The fraction of sp³-hybridized carbons (Fsp3) is 0.667. The fourth-order valence-electron chi connectivity index (χ4n) is 0.852. The Kier molecular flexibility index (Phi) is 10.2. The molecule has 4 atom stereocenters. The molecule has 0 aromatic carbocycles. The zero-order valence-corrected chi connectivity index (χ0v) is 11.4. The first-order valence-electron chi connectivity index (χ1n) is 5.72. The standard InChI is InChI=1S/C6H11NO.C6H12O5/c1-4(2)5(3)6(7)8;1-3(8)5(10)6(11)4(9)2-7/h4H,3H2,1-2H3,(H2,7,8);2-6,8-11H,1H3/t;3-,4+,5+,6-/m.0/s1. The molecule has 0 radical (unpaired) electrons. The molecular formula is C12H23NO6. The highest BCUT2D eigenvalue weighted by molar-refractivity contribution is 5.91. The van der Waals surface area contributed by atoms with Gasteiger partial charge in [-0.15, -0.1) is 0 Å². The third kappa shape index (κ3) is 8.44. The minimum atomic E-state index is -1.65. The highest BCUT2D eigenvalue weighted by Crippen LogP contribution is 2.03. The number of primary amides is 1. The van der Waals surface area contributed by atoms with E-state index in [2.05, 4.69) is 6.58 Å². The molecule has 0 rings (SSSR count). The van der Waals surface area contributed by atoms with Crippen molar-refractivity contribution in [2.75, 3.05) is 0 Å². The second-order valence-electron chi connectivity index (χ2n) is 4.39. The Morgan fingerprint density at radius 3 is 1.68 bits per heavy atom. The molecule has 19 heavy (non-hydrogen) atoms. The number of carbonyl (C=O) groups excluding carboxylic acids is 2. The molecule has 0 fully saturated rings. The molecule has 0 spiro atoms. The smallest absolute Gasteiger partial charge is 0.244 e. The molecule has 0 aliphatic heterocycles. The van der Waals surface area contributed by atoms with Crippen LogP contribution in [0.25, 0.3) is 0 Å². The maximum absolute atomic E-state index is 10.3. The van der Waals surface area contributed by atoms with Gasteiger partial charge in [0.1, 0.15) is 18.3 Å². The van der Waals surface area contributed by atoms with Crippen LogP contribution in [0.1, 0.15) is 20.8 Å². The SMILES string of the molecule is C=C(C(N)=O)C(C)C.C[C@H](O)[C@@H](O)[C@@H](O)[C@H](O)C=O. The Balaban J connectivity index is 0. The minimum absolute atomic E-state index is 0.0935. The van der Waals surface area contributed by atoms with Gasteiger partial charge in [0.25, 0.3) is 0 Å². The number of aliphatic hydroxyl groups is 4. The topological polar surface area (TPSA) is 141 Å². The monoisotopic (exact) mass is 277 g/mol. The van der Waals surface area contributed by atoms with Crippen molar-refractivity contribution < 1.29 is 30.0 Å². The predicted octanol–water partition coefficient (Wildman–Crippen LogP) is -1.67. The van der Waals surface area contributed by atoms with Crippen molar-refractivity contribution >= 4 is 12.2 Å². The van der Waals surface area contributed by atoms with Gasteiger partial charge in [0.15, 0.2) is 6.29 Å². The summed E-state index contributed by atoms with van der Waals surface area (Å²) in [5.74, 6) is -0.229. The van der Waals surface area contributed by atoms with Crippen LogP contribution in [-0.4, -0.2) is 57.0 Å².